The van der Waals surface area contributed by atoms with E-state index in [9.17, 15) is 18.9 Å². The zero-order valence-electron chi connectivity index (χ0n) is 39.8. The molecule has 66 heavy (non-hydrogen) atoms. The van der Waals surface area contributed by atoms with Gasteiger partial charge in [-0.05, 0) is 125 Å². The molecule has 15 heteroatoms. The van der Waals surface area contributed by atoms with Crippen molar-refractivity contribution in [1.29, 1.82) is 0 Å². The van der Waals surface area contributed by atoms with E-state index in [4.69, 9.17) is 32.6 Å². The number of nitrogens with one attached hydrogen (secondary N) is 2. The van der Waals surface area contributed by atoms with Gasteiger partial charge >= 0.3 is 26.8 Å². The van der Waals surface area contributed by atoms with Gasteiger partial charge in [0.1, 0.15) is 28.6 Å². The fraction of sp³-hybridized carbons (Fsp3) is 0.471. The fourth-order valence-electron chi connectivity index (χ4n) is 9.50. The third-order valence-corrected chi connectivity index (χ3v) is 14.8. The summed E-state index contributed by atoms with van der Waals surface area (Å²) in [7, 11) is -3.39. The number of rotatable bonds is 16. The van der Waals surface area contributed by atoms with Gasteiger partial charge in [0.15, 0.2) is 0 Å². The highest BCUT2D eigenvalue weighted by atomic mass is 31.2. The van der Waals surface area contributed by atoms with E-state index < -0.39 is 61.5 Å². The second-order valence-corrected chi connectivity index (χ2v) is 22.4. The van der Waals surface area contributed by atoms with Crippen molar-refractivity contribution in [2.75, 3.05) is 7.11 Å². The summed E-state index contributed by atoms with van der Waals surface area (Å²) in [4.78, 5) is 42.0. The molecule has 1 saturated heterocycles. The SMILES string of the molecule is COc1c(CC(NC(=O)C(NC(=O)OC(C)(C)C)c2ccc(P(=O)(OCc3ccccc3)OCc3ccccc3)cc2)B2O[C@@H]3C[C@@H]4C[C@@H](C4(C)C)[C@]3(C)O2)cccc1C(=O)OC(C)(C)C. The molecule has 0 radical (unpaired) electrons. The Balaban J connectivity index is 1.22. The van der Waals surface area contributed by atoms with E-state index in [2.05, 4.69) is 31.4 Å². The molecule has 4 aromatic rings. The number of esters is 1. The number of benzene rings is 4. The van der Waals surface area contributed by atoms with Crippen LogP contribution < -0.4 is 20.7 Å². The Morgan fingerprint density at radius 3 is 1.91 bits per heavy atom. The maximum atomic E-state index is 15.0. The molecule has 8 rings (SSSR count). The van der Waals surface area contributed by atoms with Crippen LogP contribution in [0, 0.1) is 17.3 Å². The highest BCUT2D eigenvalue weighted by molar-refractivity contribution is 7.62. The number of carbonyl (C=O) groups is 3. The van der Waals surface area contributed by atoms with Gasteiger partial charge < -0.3 is 43.2 Å². The topological polar surface area (TPSA) is 157 Å². The van der Waals surface area contributed by atoms with E-state index in [1.54, 1.807) is 77.9 Å². The average molecular weight is 923 g/mol. The van der Waals surface area contributed by atoms with Crippen molar-refractivity contribution in [2.24, 2.45) is 17.3 Å². The van der Waals surface area contributed by atoms with Crippen LogP contribution in [-0.2, 0) is 56.8 Å². The minimum absolute atomic E-state index is 0.0247. The van der Waals surface area contributed by atoms with Gasteiger partial charge in [0.2, 0.25) is 5.91 Å². The molecule has 3 saturated carbocycles. The van der Waals surface area contributed by atoms with Crippen molar-refractivity contribution in [2.45, 2.75) is 130 Å². The zero-order chi connectivity index (χ0) is 47.7. The molecular formula is C51H64BN2O11P. The summed E-state index contributed by atoms with van der Waals surface area (Å²) < 4.78 is 57.8. The van der Waals surface area contributed by atoms with Gasteiger partial charge in [-0.15, -0.1) is 0 Å². The van der Waals surface area contributed by atoms with Gasteiger partial charge in [-0.25, -0.2) is 9.59 Å². The Morgan fingerprint density at radius 2 is 1.36 bits per heavy atom. The smallest absolute Gasteiger partial charge is 0.482 e. The Morgan fingerprint density at radius 1 is 0.773 bits per heavy atom. The normalized spacial score (nSPS) is 22.0. The Bertz CT molecular complexity index is 2360. The summed E-state index contributed by atoms with van der Waals surface area (Å²) in [5.41, 5.74) is 0.627. The van der Waals surface area contributed by atoms with E-state index in [0.717, 1.165) is 24.0 Å². The first-order chi connectivity index (χ1) is 31.1. The van der Waals surface area contributed by atoms with Crippen LogP contribution in [0.25, 0.3) is 0 Å². The van der Waals surface area contributed by atoms with Crippen molar-refractivity contribution in [3.63, 3.8) is 0 Å². The first-order valence-corrected chi connectivity index (χ1v) is 24.2. The number of ether oxygens (including phenoxy) is 3. The molecular weight excluding hydrogens is 858 g/mol. The summed E-state index contributed by atoms with van der Waals surface area (Å²) in [5, 5.41) is 6.21. The monoisotopic (exact) mass is 922 g/mol. The summed E-state index contributed by atoms with van der Waals surface area (Å²) in [6.07, 6.45) is 0.929. The van der Waals surface area contributed by atoms with Crippen LogP contribution in [0.1, 0.15) is 114 Å². The predicted molar refractivity (Wildman–Crippen MR) is 252 cm³/mol. The van der Waals surface area contributed by atoms with Crippen molar-refractivity contribution in [1.82, 2.24) is 10.6 Å². The Kier molecular flexibility index (Phi) is 14.3. The lowest BCUT2D eigenvalue weighted by atomic mass is 9.43. The molecule has 4 fully saturated rings. The van der Waals surface area contributed by atoms with E-state index in [1.807, 2.05) is 66.7 Å². The van der Waals surface area contributed by atoms with Gasteiger partial charge in [0.05, 0.1) is 43.3 Å². The molecule has 2 amide bonds. The molecule has 2 unspecified atom stereocenters. The number of methoxy groups -OCH3 is 1. The number of hydrogen-bond donors (Lipinski definition) is 2. The number of hydrogen-bond acceptors (Lipinski definition) is 11. The molecule has 6 atom stereocenters. The van der Waals surface area contributed by atoms with Crippen molar-refractivity contribution in [3.8, 4) is 5.75 Å². The first kappa shape index (κ1) is 48.9. The third-order valence-electron chi connectivity index (χ3n) is 12.9. The lowest BCUT2D eigenvalue weighted by Gasteiger charge is -2.64. The molecule has 4 aliphatic rings. The average Bonchev–Trinajstić information content (AvgIpc) is 3.63. The minimum atomic E-state index is -3.96. The second-order valence-electron chi connectivity index (χ2n) is 20.3. The quantitative estimate of drug-likeness (QED) is 0.0627. The van der Waals surface area contributed by atoms with Gasteiger partial charge in [-0.2, -0.15) is 0 Å². The lowest BCUT2D eigenvalue weighted by Crippen LogP contribution is -2.65. The van der Waals surface area contributed by atoms with Gasteiger partial charge in [0, 0.05) is 0 Å². The van der Waals surface area contributed by atoms with Crippen LogP contribution in [0.4, 0.5) is 4.79 Å². The highest BCUT2D eigenvalue weighted by Gasteiger charge is 2.68. The molecule has 0 spiro atoms. The van der Waals surface area contributed by atoms with Crippen LogP contribution in [0.5, 0.6) is 5.75 Å². The van der Waals surface area contributed by atoms with Crippen molar-refractivity contribution in [3.05, 3.63) is 131 Å². The van der Waals surface area contributed by atoms with Crippen molar-refractivity contribution >= 4 is 38.0 Å². The highest BCUT2D eigenvalue weighted by Crippen LogP contribution is 2.66. The molecule has 2 N–H and O–H groups in total. The molecule has 4 aromatic carbocycles. The van der Waals surface area contributed by atoms with Crippen LogP contribution in [0.2, 0.25) is 0 Å². The number of para-hydroxylation sites is 1. The fourth-order valence-corrected chi connectivity index (χ4v) is 11.0. The van der Waals surface area contributed by atoms with Crippen LogP contribution in [-0.4, -0.2) is 61.0 Å². The molecule has 0 aromatic heterocycles. The van der Waals surface area contributed by atoms with Crippen molar-refractivity contribution < 1.29 is 51.5 Å². The minimum Gasteiger partial charge on any atom is -0.496 e. The molecule has 3 aliphatic carbocycles. The maximum absolute atomic E-state index is 15.0. The largest absolute Gasteiger partial charge is 0.496 e. The Hall–Kier alpha value is -4.98. The van der Waals surface area contributed by atoms with Crippen LogP contribution >= 0.6 is 7.60 Å². The van der Waals surface area contributed by atoms with Crippen LogP contribution in [0.15, 0.2) is 103 Å². The van der Waals surface area contributed by atoms with Crippen LogP contribution in [0.3, 0.4) is 0 Å². The van der Waals surface area contributed by atoms with E-state index in [1.165, 1.54) is 7.11 Å². The summed E-state index contributed by atoms with van der Waals surface area (Å²) in [6.45, 7) is 17.3. The predicted octanol–water partition coefficient (Wildman–Crippen LogP) is 9.46. The first-order valence-electron chi connectivity index (χ1n) is 22.7. The number of amides is 2. The third kappa shape index (κ3) is 11.1. The number of alkyl carbamates (subject to hydrolysis) is 1. The zero-order valence-corrected chi connectivity index (χ0v) is 40.6. The summed E-state index contributed by atoms with van der Waals surface area (Å²) in [6, 6.07) is 29.0. The van der Waals surface area contributed by atoms with Gasteiger partial charge in [-0.3, -0.25) is 9.36 Å². The van der Waals surface area contributed by atoms with E-state index >= 15 is 0 Å². The lowest BCUT2D eigenvalue weighted by molar-refractivity contribution is -0.199. The standard InChI is InChI=1S/C51H64BN2O11P/c1-48(2,3)62-46(56)39-23-17-22-36(44(39)59-10)28-42(52-64-41-30-37-29-40(50(37,7)8)51(41,9)65-52)53-45(55)43(54-47(57)63-49(4,5)6)35-24-26-38(27-25-35)66(58,60-31-33-18-13-11-14-19-33)61-32-34-20-15-12-16-21-34/h11-27,37,40-43H,28-32H2,1-10H3,(H,53,55)(H,54,57)/t37-,40-,41+,42?,43?,51-/m0/s1. The summed E-state index contributed by atoms with van der Waals surface area (Å²) >= 11 is 0. The Labute approximate surface area is 389 Å². The molecule has 2 bridgehead atoms. The second kappa shape index (κ2) is 19.3. The van der Waals surface area contributed by atoms with E-state index in [0.29, 0.717) is 22.8 Å². The molecule has 1 aliphatic heterocycles. The molecule has 352 valence electrons. The number of carbonyl (C=O) groups excluding carboxylic acids is 3. The van der Waals surface area contributed by atoms with E-state index in [-0.39, 0.29) is 47.9 Å². The van der Waals surface area contributed by atoms with Gasteiger partial charge in [-0.1, -0.05) is 98.8 Å². The molecule has 13 nitrogen and oxygen atoms in total. The van der Waals surface area contributed by atoms with Gasteiger partial charge in [0.25, 0.3) is 0 Å². The maximum Gasteiger partial charge on any atom is 0.482 e. The summed E-state index contributed by atoms with van der Waals surface area (Å²) in [5.74, 6) is -0.978. The molecule has 1 heterocycles.